The standard InChI is InChI=1S/C15H9BrO3/c16-10-3-1-9(2-4-10)7-14-15(18)12-8-11(17)5-6-13(12)19-14/h1-8,17H/b14-7-. The van der Waals surface area contributed by atoms with Gasteiger partial charge in [0.25, 0.3) is 0 Å². The lowest BCUT2D eigenvalue weighted by Gasteiger charge is -1.98. The van der Waals surface area contributed by atoms with Crippen molar-refractivity contribution in [2.45, 2.75) is 0 Å². The highest BCUT2D eigenvalue weighted by Crippen LogP contribution is 2.34. The van der Waals surface area contributed by atoms with E-state index in [1.807, 2.05) is 24.3 Å². The third-order valence-corrected chi connectivity index (χ3v) is 3.35. The molecule has 94 valence electrons. The van der Waals surface area contributed by atoms with Crippen LogP contribution in [0.4, 0.5) is 0 Å². The summed E-state index contributed by atoms with van der Waals surface area (Å²) >= 11 is 3.35. The lowest BCUT2D eigenvalue weighted by Crippen LogP contribution is -1.97. The topological polar surface area (TPSA) is 46.5 Å². The molecule has 2 aromatic rings. The number of halogens is 1. The second-order valence-corrected chi connectivity index (χ2v) is 5.09. The molecule has 3 rings (SSSR count). The third kappa shape index (κ3) is 2.27. The predicted molar refractivity (Wildman–Crippen MR) is 75.2 cm³/mol. The molecule has 0 unspecified atom stereocenters. The Balaban J connectivity index is 1.97. The maximum Gasteiger partial charge on any atom is 0.232 e. The van der Waals surface area contributed by atoms with Crippen LogP contribution in [-0.4, -0.2) is 10.9 Å². The van der Waals surface area contributed by atoms with E-state index >= 15 is 0 Å². The van der Waals surface area contributed by atoms with E-state index in [0.717, 1.165) is 10.0 Å². The van der Waals surface area contributed by atoms with E-state index in [1.165, 1.54) is 12.1 Å². The first-order valence-corrected chi connectivity index (χ1v) is 6.45. The van der Waals surface area contributed by atoms with Crippen molar-refractivity contribution in [1.29, 1.82) is 0 Å². The molecular formula is C15H9BrO3. The number of aromatic hydroxyl groups is 1. The Kier molecular flexibility index (Phi) is 2.87. The van der Waals surface area contributed by atoms with Crippen LogP contribution in [0.3, 0.4) is 0 Å². The van der Waals surface area contributed by atoms with Crippen LogP contribution in [0.25, 0.3) is 6.08 Å². The SMILES string of the molecule is O=C1/C(=C/c2ccc(Br)cc2)Oc2ccc(O)cc21. The number of carbonyl (C=O) groups excluding carboxylic acids is 1. The van der Waals surface area contributed by atoms with Gasteiger partial charge in [-0.1, -0.05) is 28.1 Å². The summed E-state index contributed by atoms with van der Waals surface area (Å²) in [7, 11) is 0. The van der Waals surface area contributed by atoms with E-state index in [4.69, 9.17) is 4.74 Å². The van der Waals surface area contributed by atoms with Crippen LogP contribution >= 0.6 is 15.9 Å². The maximum atomic E-state index is 12.1. The minimum Gasteiger partial charge on any atom is -0.508 e. The van der Waals surface area contributed by atoms with E-state index in [-0.39, 0.29) is 17.3 Å². The Morgan fingerprint density at radius 2 is 1.84 bits per heavy atom. The van der Waals surface area contributed by atoms with Gasteiger partial charge in [0.05, 0.1) is 5.56 Å². The number of hydrogen-bond acceptors (Lipinski definition) is 3. The molecule has 0 spiro atoms. The summed E-state index contributed by atoms with van der Waals surface area (Å²) in [5, 5.41) is 9.39. The van der Waals surface area contributed by atoms with Crippen LogP contribution in [-0.2, 0) is 0 Å². The number of rotatable bonds is 1. The molecule has 0 atom stereocenters. The van der Waals surface area contributed by atoms with Crippen LogP contribution < -0.4 is 4.74 Å². The average molecular weight is 317 g/mol. The molecule has 1 N–H and O–H groups in total. The molecule has 1 heterocycles. The molecule has 19 heavy (non-hydrogen) atoms. The van der Waals surface area contributed by atoms with E-state index in [2.05, 4.69) is 15.9 Å². The van der Waals surface area contributed by atoms with Crippen molar-refractivity contribution in [3.63, 3.8) is 0 Å². The van der Waals surface area contributed by atoms with Crippen LogP contribution in [0.1, 0.15) is 15.9 Å². The van der Waals surface area contributed by atoms with Gasteiger partial charge in [-0.3, -0.25) is 4.79 Å². The fraction of sp³-hybridized carbons (Fsp3) is 0. The molecule has 0 radical (unpaired) electrons. The first-order chi connectivity index (χ1) is 9.13. The normalized spacial score (nSPS) is 15.4. The van der Waals surface area contributed by atoms with Gasteiger partial charge in [0.2, 0.25) is 5.78 Å². The quantitative estimate of drug-likeness (QED) is 0.815. The number of phenols is 1. The van der Waals surface area contributed by atoms with Gasteiger partial charge >= 0.3 is 0 Å². The monoisotopic (exact) mass is 316 g/mol. The molecule has 0 amide bonds. The zero-order valence-corrected chi connectivity index (χ0v) is 11.3. The van der Waals surface area contributed by atoms with Gasteiger partial charge in [-0.2, -0.15) is 0 Å². The van der Waals surface area contributed by atoms with Crippen LogP contribution in [0.2, 0.25) is 0 Å². The van der Waals surface area contributed by atoms with Crippen LogP contribution in [0, 0.1) is 0 Å². The number of allylic oxidation sites excluding steroid dienone is 1. The average Bonchev–Trinajstić information content (AvgIpc) is 2.70. The summed E-state index contributed by atoms with van der Waals surface area (Å²) in [5.41, 5.74) is 1.27. The van der Waals surface area contributed by atoms with E-state index in [0.29, 0.717) is 11.3 Å². The zero-order chi connectivity index (χ0) is 13.4. The lowest BCUT2D eigenvalue weighted by molar-refractivity contribution is 0.101. The van der Waals surface area contributed by atoms with Gasteiger partial charge < -0.3 is 9.84 Å². The van der Waals surface area contributed by atoms with Gasteiger partial charge in [0.15, 0.2) is 5.76 Å². The fourth-order valence-corrected chi connectivity index (χ4v) is 2.15. The molecular weight excluding hydrogens is 308 g/mol. The van der Waals surface area contributed by atoms with Crippen molar-refractivity contribution < 1.29 is 14.6 Å². The second-order valence-electron chi connectivity index (χ2n) is 4.17. The first-order valence-electron chi connectivity index (χ1n) is 5.66. The highest BCUT2D eigenvalue weighted by atomic mass is 79.9. The molecule has 4 heteroatoms. The predicted octanol–water partition coefficient (Wildman–Crippen LogP) is 3.77. The Morgan fingerprint density at radius 1 is 1.11 bits per heavy atom. The largest absolute Gasteiger partial charge is 0.508 e. The van der Waals surface area contributed by atoms with Gasteiger partial charge in [-0.15, -0.1) is 0 Å². The smallest absolute Gasteiger partial charge is 0.232 e. The molecule has 0 bridgehead atoms. The number of phenolic OH excluding ortho intramolecular Hbond substituents is 1. The van der Waals surface area contributed by atoms with E-state index in [9.17, 15) is 9.90 Å². The molecule has 0 saturated heterocycles. The van der Waals surface area contributed by atoms with Crippen molar-refractivity contribution in [3.8, 4) is 11.5 Å². The van der Waals surface area contributed by atoms with Gasteiger partial charge in [-0.05, 0) is 42.0 Å². The highest BCUT2D eigenvalue weighted by Gasteiger charge is 2.27. The second kappa shape index (κ2) is 4.55. The number of benzene rings is 2. The Hall–Kier alpha value is -2.07. The number of Topliss-reactive ketones (excluding diaryl/α,β-unsaturated/α-hetero) is 1. The van der Waals surface area contributed by atoms with Crippen molar-refractivity contribution in [3.05, 3.63) is 63.8 Å². The first kappa shape index (κ1) is 12.0. The molecule has 0 saturated carbocycles. The fourth-order valence-electron chi connectivity index (χ4n) is 1.89. The molecule has 0 aromatic heterocycles. The number of ether oxygens (including phenoxy) is 1. The summed E-state index contributed by atoms with van der Waals surface area (Å²) in [6.45, 7) is 0. The molecule has 2 aromatic carbocycles. The van der Waals surface area contributed by atoms with Crippen molar-refractivity contribution in [2.75, 3.05) is 0 Å². The van der Waals surface area contributed by atoms with Crippen molar-refractivity contribution in [2.24, 2.45) is 0 Å². The zero-order valence-electron chi connectivity index (χ0n) is 9.76. The Morgan fingerprint density at radius 3 is 2.58 bits per heavy atom. The Labute approximate surface area is 118 Å². The lowest BCUT2D eigenvalue weighted by atomic mass is 10.1. The minimum atomic E-state index is -0.214. The van der Waals surface area contributed by atoms with Crippen molar-refractivity contribution >= 4 is 27.8 Å². The molecule has 0 aliphatic carbocycles. The molecule has 3 nitrogen and oxygen atoms in total. The number of fused-ring (bicyclic) bond motifs is 1. The van der Waals surface area contributed by atoms with Gasteiger partial charge in [0, 0.05) is 4.47 Å². The summed E-state index contributed by atoms with van der Waals surface area (Å²) in [6.07, 6.45) is 1.69. The van der Waals surface area contributed by atoms with Crippen LogP contribution in [0.15, 0.2) is 52.7 Å². The third-order valence-electron chi connectivity index (χ3n) is 2.82. The van der Waals surface area contributed by atoms with Gasteiger partial charge in [0.1, 0.15) is 11.5 Å². The van der Waals surface area contributed by atoms with Gasteiger partial charge in [-0.25, -0.2) is 0 Å². The summed E-state index contributed by atoms with van der Waals surface area (Å²) in [6, 6.07) is 12.1. The summed E-state index contributed by atoms with van der Waals surface area (Å²) < 4.78 is 6.47. The summed E-state index contributed by atoms with van der Waals surface area (Å²) in [4.78, 5) is 12.1. The Bertz CT molecular complexity index is 687. The van der Waals surface area contributed by atoms with Crippen LogP contribution in [0.5, 0.6) is 11.5 Å². The minimum absolute atomic E-state index is 0.0561. The summed E-state index contributed by atoms with van der Waals surface area (Å²) in [5.74, 6) is 0.587. The molecule has 1 aliphatic heterocycles. The van der Waals surface area contributed by atoms with E-state index in [1.54, 1.807) is 12.1 Å². The van der Waals surface area contributed by atoms with Crippen molar-refractivity contribution in [1.82, 2.24) is 0 Å². The number of hydrogen-bond donors (Lipinski definition) is 1. The number of ketones is 1. The highest BCUT2D eigenvalue weighted by molar-refractivity contribution is 9.10. The maximum absolute atomic E-state index is 12.1. The molecule has 1 aliphatic rings. The van der Waals surface area contributed by atoms with E-state index < -0.39 is 0 Å². The molecule has 0 fully saturated rings. The number of carbonyl (C=O) groups is 1.